The lowest BCUT2D eigenvalue weighted by molar-refractivity contribution is -0.143. The molecule has 3 aliphatic rings. The monoisotopic (exact) mass is 578 g/mol. The molecule has 3 saturated heterocycles. The Labute approximate surface area is 232 Å². The summed E-state index contributed by atoms with van der Waals surface area (Å²) in [6.45, 7) is 5.46. The summed E-state index contributed by atoms with van der Waals surface area (Å²) in [6.07, 6.45) is -4.87. The van der Waals surface area contributed by atoms with E-state index in [4.69, 9.17) is 4.74 Å². The normalized spacial score (nSPS) is 23.2. The number of aromatic nitrogens is 1. The van der Waals surface area contributed by atoms with Crippen molar-refractivity contribution in [2.45, 2.75) is 37.3 Å². The maximum atomic E-state index is 13.4. The molecule has 218 valence electrons. The predicted octanol–water partition coefficient (Wildman–Crippen LogP) is 7.04. The number of hydrogen-bond donors (Lipinski definition) is 2. The molecule has 2 aromatic carbocycles. The zero-order chi connectivity index (χ0) is 29.5. The first-order valence-corrected chi connectivity index (χ1v) is 13.0. The van der Waals surface area contributed by atoms with Gasteiger partial charge in [0.15, 0.2) is 0 Å². The minimum Gasteiger partial charge on any atom is -0.497 e. The fraction of sp³-hybridized carbons (Fsp3) is 0.379. The van der Waals surface area contributed by atoms with Gasteiger partial charge >= 0.3 is 18.4 Å². The molecule has 2 amide bonds. The zero-order valence-electron chi connectivity index (χ0n) is 22.0. The molecule has 2 N–H and O–H groups in total. The molecule has 1 aromatic heterocycles. The van der Waals surface area contributed by atoms with Crippen molar-refractivity contribution < 1.29 is 35.9 Å². The van der Waals surface area contributed by atoms with E-state index in [1.165, 1.54) is 7.11 Å². The van der Waals surface area contributed by atoms with Gasteiger partial charge in [-0.05, 0) is 79.3 Å². The topological polar surface area (TPSA) is 66.5 Å². The highest BCUT2D eigenvalue weighted by Crippen LogP contribution is 2.43. The number of carbonyl (C=O) groups is 1. The number of amides is 2. The van der Waals surface area contributed by atoms with Crippen LogP contribution in [-0.2, 0) is 12.4 Å². The number of ether oxygens (including phenoxy) is 1. The second-order valence-corrected chi connectivity index (χ2v) is 10.4. The van der Waals surface area contributed by atoms with Gasteiger partial charge in [-0.2, -0.15) is 26.3 Å². The number of carbonyl (C=O) groups excluding carboxylic acids is 1. The number of nitrogens with zero attached hydrogens (tertiary/aromatic N) is 2. The van der Waals surface area contributed by atoms with Crippen molar-refractivity contribution in [2.24, 2.45) is 11.8 Å². The number of fused-ring (bicyclic) bond motifs is 4. The molecule has 41 heavy (non-hydrogen) atoms. The summed E-state index contributed by atoms with van der Waals surface area (Å²) in [5.74, 6) is 1.18. The van der Waals surface area contributed by atoms with E-state index in [-0.39, 0.29) is 18.0 Å². The molecule has 3 aliphatic heterocycles. The van der Waals surface area contributed by atoms with Crippen LogP contribution in [0.25, 0.3) is 10.9 Å². The zero-order valence-corrected chi connectivity index (χ0v) is 22.0. The van der Waals surface area contributed by atoms with Crippen LogP contribution in [0.2, 0.25) is 0 Å². The average molecular weight is 579 g/mol. The third-order valence-corrected chi connectivity index (χ3v) is 7.99. The number of piperidine rings is 3. The highest BCUT2D eigenvalue weighted by molar-refractivity contribution is 5.91. The summed E-state index contributed by atoms with van der Waals surface area (Å²) < 4.78 is 85.7. The first kappa shape index (κ1) is 28.7. The average Bonchev–Trinajstić information content (AvgIpc) is 2.94. The molecule has 0 spiro atoms. The molecule has 4 unspecified atom stereocenters. The van der Waals surface area contributed by atoms with E-state index in [0.717, 1.165) is 25.9 Å². The highest BCUT2D eigenvalue weighted by atomic mass is 19.4. The third kappa shape index (κ3) is 5.97. The maximum absolute atomic E-state index is 13.4. The first-order valence-electron chi connectivity index (χ1n) is 13.0. The number of pyridine rings is 1. The predicted molar refractivity (Wildman–Crippen MR) is 141 cm³/mol. The van der Waals surface area contributed by atoms with Gasteiger partial charge in [-0.3, -0.25) is 9.88 Å². The van der Waals surface area contributed by atoms with Crippen LogP contribution in [0.1, 0.15) is 35.6 Å². The molecule has 0 radical (unpaired) electrons. The standard InChI is InChI=1S/C29H28F6N4O2/c1-3-16-15-39-9-7-17(16)10-25(39)26(22-6-8-36-24-5-4-21(41-2)14-23(22)24)38-27(40)37-20-12-18(28(30,31)32)11-19(13-20)29(33,34)35/h3-6,8,11-14,16-17,25-26H,1,7,9-10,15H2,2H3,(H2,37,38,40)/t16?,17?,25?,26-/m1/s1. The Hall–Kier alpha value is -3.80. The van der Waals surface area contributed by atoms with Gasteiger partial charge in [-0.15, -0.1) is 6.58 Å². The molecule has 0 aliphatic carbocycles. The quantitative estimate of drug-likeness (QED) is 0.243. The van der Waals surface area contributed by atoms with E-state index in [1.807, 2.05) is 6.08 Å². The minimum absolute atomic E-state index is 0.0183. The number of rotatable bonds is 6. The molecule has 4 heterocycles. The molecule has 12 heteroatoms. The van der Waals surface area contributed by atoms with Crippen LogP contribution in [0.5, 0.6) is 5.75 Å². The van der Waals surface area contributed by atoms with Gasteiger partial charge in [-0.25, -0.2) is 4.79 Å². The van der Waals surface area contributed by atoms with Crippen molar-refractivity contribution >= 4 is 22.6 Å². The highest BCUT2D eigenvalue weighted by Gasteiger charge is 2.43. The van der Waals surface area contributed by atoms with E-state index < -0.39 is 41.2 Å². The lowest BCUT2D eigenvalue weighted by Gasteiger charge is -2.51. The number of hydrogen-bond acceptors (Lipinski definition) is 4. The van der Waals surface area contributed by atoms with Gasteiger partial charge in [0, 0.05) is 29.9 Å². The van der Waals surface area contributed by atoms with Crippen molar-refractivity contribution in [1.29, 1.82) is 0 Å². The first-order chi connectivity index (χ1) is 19.4. The summed E-state index contributed by atoms with van der Waals surface area (Å²) in [7, 11) is 1.52. The molecule has 6 nitrogen and oxygen atoms in total. The summed E-state index contributed by atoms with van der Waals surface area (Å²) >= 11 is 0. The van der Waals surface area contributed by atoms with Gasteiger partial charge in [0.1, 0.15) is 5.75 Å². The van der Waals surface area contributed by atoms with Crippen LogP contribution < -0.4 is 15.4 Å². The van der Waals surface area contributed by atoms with Gasteiger partial charge < -0.3 is 15.4 Å². The summed E-state index contributed by atoms with van der Waals surface area (Å²) in [5, 5.41) is 5.79. The van der Waals surface area contributed by atoms with Gasteiger partial charge in [0.25, 0.3) is 0 Å². The molecule has 6 rings (SSSR count). The van der Waals surface area contributed by atoms with E-state index in [1.54, 1.807) is 30.5 Å². The SMILES string of the molecule is C=CC1CN2CCC1CC2[C@H](NC(=O)Nc1cc(C(F)(F)F)cc(C(F)(F)F)c1)c1ccnc2ccc(OC)cc12. The van der Waals surface area contributed by atoms with Crippen molar-refractivity contribution in [3.8, 4) is 5.75 Å². The van der Waals surface area contributed by atoms with Crippen LogP contribution in [0.15, 0.2) is 61.3 Å². The van der Waals surface area contributed by atoms with Crippen LogP contribution in [0.4, 0.5) is 36.8 Å². The van der Waals surface area contributed by atoms with E-state index in [9.17, 15) is 31.1 Å². The van der Waals surface area contributed by atoms with Gasteiger partial charge in [-0.1, -0.05) is 6.08 Å². The van der Waals surface area contributed by atoms with E-state index in [2.05, 4.69) is 27.1 Å². The van der Waals surface area contributed by atoms with Gasteiger partial charge in [0.05, 0.1) is 29.8 Å². The molecule has 3 aromatic rings. The minimum atomic E-state index is -5.04. The number of halogens is 6. The number of nitrogens with one attached hydrogen (secondary N) is 2. The van der Waals surface area contributed by atoms with Crippen LogP contribution in [0, 0.1) is 11.8 Å². The van der Waals surface area contributed by atoms with Crippen molar-refractivity contribution in [1.82, 2.24) is 15.2 Å². The Morgan fingerprint density at radius 2 is 1.80 bits per heavy atom. The van der Waals surface area contributed by atoms with Crippen LogP contribution in [0.3, 0.4) is 0 Å². The molecule has 5 atom stereocenters. The second-order valence-electron chi connectivity index (χ2n) is 10.4. The Morgan fingerprint density at radius 1 is 1.10 bits per heavy atom. The number of urea groups is 1. The Morgan fingerprint density at radius 3 is 2.39 bits per heavy atom. The maximum Gasteiger partial charge on any atom is 0.416 e. The fourth-order valence-corrected chi connectivity index (χ4v) is 5.99. The summed E-state index contributed by atoms with van der Waals surface area (Å²) in [4.78, 5) is 19.9. The Balaban J connectivity index is 1.51. The molecule has 0 saturated carbocycles. The second kappa shape index (κ2) is 10.9. The number of alkyl halides is 6. The Kier molecular flexibility index (Phi) is 7.62. The lowest BCUT2D eigenvalue weighted by Crippen LogP contribution is -2.57. The van der Waals surface area contributed by atoms with E-state index in [0.29, 0.717) is 40.3 Å². The summed E-state index contributed by atoms with van der Waals surface area (Å²) in [6, 6.07) is 6.28. The largest absolute Gasteiger partial charge is 0.497 e. The third-order valence-electron chi connectivity index (χ3n) is 7.99. The lowest BCUT2D eigenvalue weighted by atomic mass is 9.73. The Bertz CT molecular complexity index is 1430. The van der Waals surface area contributed by atoms with Crippen molar-refractivity contribution in [3.05, 3.63) is 78.0 Å². The smallest absolute Gasteiger partial charge is 0.416 e. The molecule has 2 bridgehead atoms. The van der Waals surface area contributed by atoms with E-state index >= 15 is 0 Å². The van der Waals surface area contributed by atoms with Crippen molar-refractivity contribution in [2.75, 3.05) is 25.5 Å². The number of methoxy groups -OCH3 is 1. The molecular formula is C29H28F6N4O2. The number of anilines is 1. The summed E-state index contributed by atoms with van der Waals surface area (Å²) in [5.41, 5.74) is -2.31. The van der Waals surface area contributed by atoms with Crippen LogP contribution >= 0.6 is 0 Å². The fourth-order valence-electron chi connectivity index (χ4n) is 5.99. The number of benzene rings is 2. The van der Waals surface area contributed by atoms with Crippen molar-refractivity contribution in [3.63, 3.8) is 0 Å². The van der Waals surface area contributed by atoms with Gasteiger partial charge in [0.2, 0.25) is 0 Å². The van der Waals surface area contributed by atoms with Crippen LogP contribution in [-0.4, -0.2) is 42.2 Å². The molecule has 3 fully saturated rings. The molecular weight excluding hydrogens is 550 g/mol.